The first-order chi connectivity index (χ1) is 24.7. The van der Waals surface area contributed by atoms with Crippen LogP contribution in [0.4, 0.5) is 5.69 Å². The number of nitrogen functional groups attached to an aromatic ring is 1. The van der Waals surface area contributed by atoms with Crippen molar-refractivity contribution in [3.05, 3.63) is 69.2 Å². The van der Waals surface area contributed by atoms with Crippen molar-refractivity contribution >= 4 is 51.0 Å². The first kappa shape index (κ1) is 35.5. The number of H-pyrrole nitrogens is 1. The summed E-state index contributed by atoms with van der Waals surface area (Å²) in [5.74, 6) is -0.478. The molecule has 3 aliphatic rings. The molecule has 0 aliphatic carbocycles. The number of aromatic amines is 1. The van der Waals surface area contributed by atoms with Gasteiger partial charge in [-0.25, -0.2) is 4.79 Å². The summed E-state index contributed by atoms with van der Waals surface area (Å²) in [5.41, 5.74) is 11.0. The second-order valence-electron chi connectivity index (χ2n) is 14.8. The fraction of sp³-hybridized carbons (Fsp3) is 0.538. The molecular formula is C39H51ClN8O3. The molecule has 272 valence electrons. The average Bonchev–Trinajstić information content (AvgIpc) is 3.34. The van der Waals surface area contributed by atoms with Gasteiger partial charge in [-0.3, -0.25) is 24.0 Å². The summed E-state index contributed by atoms with van der Waals surface area (Å²) in [7, 11) is 2.19. The van der Waals surface area contributed by atoms with Gasteiger partial charge in [-0.1, -0.05) is 42.8 Å². The van der Waals surface area contributed by atoms with Crippen LogP contribution in [0.25, 0.3) is 21.9 Å². The second kappa shape index (κ2) is 15.4. The fourth-order valence-corrected chi connectivity index (χ4v) is 8.88. The van der Waals surface area contributed by atoms with E-state index >= 15 is 0 Å². The number of piperidine rings is 2. The molecule has 2 amide bonds. The lowest BCUT2D eigenvalue weighted by Gasteiger charge is -2.39. The van der Waals surface area contributed by atoms with Crippen molar-refractivity contribution in [1.82, 2.24) is 34.1 Å². The number of para-hydroxylation sites is 1. The number of nitrogens with zero attached hydrogens (tertiary/aromatic N) is 6. The van der Waals surface area contributed by atoms with Crippen LogP contribution in [0.5, 0.6) is 0 Å². The van der Waals surface area contributed by atoms with E-state index in [1.807, 2.05) is 57.7 Å². The number of rotatable bonds is 8. The van der Waals surface area contributed by atoms with E-state index < -0.39 is 5.92 Å². The lowest BCUT2D eigenvalue weighted by Crippen LogP contribution is -2.50. The molecule has 0 bridgehead atoms. The first-order valence-electron chi connectivity index (χ1n) is 18.7. The predicted octanol–water partition coefficient (Wildman–Crippen LogP) is 4.72. The van der Waals surface area contributed by atoms with E-state index in [1.54, 1.807) is 6.20 Å². The number of likely N-dealkylation sites (N-methyl/N-ethyl adjacent to an activating group) is 1. The van der Waals surface area contributed by atoms with E-state index in [-0.39, 0.29) is 30.0 Å². The Morgan fingerprint density at radius 2 is 1.69 bits per heavy atom. The zero-order valence-corrected chi connectivity index (χ0v) is 30.7. The third kappa shape index (κ3) is 7.52. The van der Waals surface area contributed by atoms with Crippen molar-refractivity contribution in [2.75, 3.05) is 65.1 Å². The second-order valence-corrected chi connectivity index (χ2v) is 15.2. The fourth-order valence-electron chi connectivity index (χ4n) is 8.62. The maximum Gasteiger partial charge on any atom is 0.326 e. The number of hydrogen-bond donors (Lipinski definition) is 2. The molecule has 1 atom stereocenters. The minimum absolute atomic E-state index is 0.0217. The SMILES string of the molecule is CCc1cc(C[C@@H](CC(=O)N2CCC(n3c(=O)[nH]c4c5ccccc5ncc43)CC2)C(=O)N2CCC(N3CCCN(C)CC3)CC2)cc(Cl)c1N. The van der Waals surface area contributed by atoms with Gasteiger partial charge in [-0.05, 0) is 88.3 Å². The van der Waals surface area contributed by atoms with Crippen molar-refractivity contribution in [3.8, 4) is 0 Å². The largest absolute Gasteiger partial charge is 0.397 e. The van der Waals surface area contributed by atoms with Gasteiger partial charge in [0.15, 0.2) is 0 Å². The highest BCUT2D eigenvalue weighted by Gasteiger charge is 2.34. The number of halogens is 1. The van der Waals surface area contributed by atoms with Crippen molar-refractivity contribution in [3.63, 3.8) is 0 Å². The van der Waals surface area contributed by atoms with Gasteiger partial charge in [0.1, 0.15) is 0 Å². The monoisotopic (exact) mass is 714 g/mol. The zero-order chi connectivity index (χ0) is 35.6. The topological polar surface area (TPSA) is 124 Å². The third-order valence-electron chi connectivity index (χ3n) is 11.6. The Morgan fingerprint density at radius 1 is 0.961 bits per heavy atom. The van der Waals surface area contributed by atoms with Gasteiger partial charge in [-0.15, -0.1) is 0 Å². The van der Waals surface area contributed by atoms with Crippen LogP contribution in [0.1, 0.15) is 62.6 Å². The molecule has 3 saturated heterocycles. The number of aromatic nitrogens is 3. The van der Waals surface area contributed by atoms with E-state index in [9.17, 15) is 14.4 Å². The number of pyridine rings is 1. The van der Waals surface area contributed by atoms with Crippen LogP contribution in [0.2, 0.25) is 5.02 Å². The molecule has 0 radical (unpaired) electrons. The van der Waals surface area contributed by atoms with Gasteiger partial charge in [0.05, 0.1) is 39.4 Å². The van der Waals surface area contributed by atoms with Crippen LogP contribution in [-0.4, -0.2) is 111 Å². The summed E-state index contributed by atoms with van der Waals surface area (Å²) in [6, 6.07) is 12.1. The van der Waals surface area contributed by atoms with Crippen LogP contribution in [0, 0.1) is 5.92 Å². The number of fused-ring (bicyclic) bond motifs is 3. The molecule has 5 heterocycles. The minimum atomic E-state index is -0.501. The van der Waals surface area contributed by atoms with E-state index in [0.717, 1.165) is 78.5 Å². The van der Waals surface area contributed by atoms with Crippen molar-refractivity contribution in [2.45, 2.75) is 70.4 Å². The highest BCUT2D eigenvalue weighted by molar-refractivity contribution is 6.33. The molecule has 11 nitrogen and oxygen atoms in total. The highest BCUT2D eigenvalue weighted by Crippen LogP contribution is 2.31. The first-order valence-corrected chi connectivity index (χ1v) is 19.1. The van der Waals surface area contributed by atoms with Crippen LogP contribution >= 0.6 is 11.6 Å². The smallest absolute Gasteiger partial charge is 0.326 e. The Morgan fingerprint density at radius 3 is 2.45 bits per heavy atom. The van der Waals surface area contributed by atoms with Gasteiger partial charge in [0.2, 0.25) is 11.8 Å². The molecule has 2 aromatic heterocycles. The Hall–Kier alpha value is -3.93. The molecule has 0 unspecified atom stereocenters. The van der Waals surface area contributed by atoms with Crippen molar-refractivity contribution < 1.29 is 9.59 Å². The number of benzene rings is 2. The molecule has 7 rings (SSSR count). The minimum Gasteiger partial charge on any atom is -0.397 e. The Kier molecular flexibility index (Phi) is 10.7. The van der Waals surface area contributed by atoms with Crippen LogP contribution in [-0.2, 0) is 22.4 Å². The highest BCUT2D eigenvalue weighted by atomic mass is 35.5. The molecule has 4 aromatic rings. The molecule has 3 aliphatic heterocycles. The van der Waals surface area contributed by atoms with Crippen LogP contribution in [0.3, 0.4) is 0 Å². The quantitative estimate of drug-likeness (QED) is 0.254. The number of nitrogens with two attached hydrogens (primary N) is 1. The number of likely N-dealkylation sites (tertiary alicyclic amines) is 2. The molecule has 2 aromatic carbocycles. The van der Waals surface area contributed by atoms with E-state index in [0.29, 0.717) is 62.2 Å². The number of nitrogens with one attached hydrogen (secondary N) is 1. The summed E-state index contributed by atoms with van der Waals surface area (Å²) < 4.78 is 1.81. The van der Waals surface area contributed by atoms with E-state index in [1.165, 1.54) is 6.42 Å². The Labute approximate surface area is 304 Å². The number of carbonyl (C=O) groups excluding carboxylic acids is 2. The summed E-state index contributed by atoms with van der Waals surface area (Å²) >= 11 is 6.55. The summed E-state index contributed by atoms with van der Waals surface area (Å²) in [6.07, 6.45) is 7.45. The van der Waals surface area contributed by atoms with Gasteiger partial charge < -0.3 is 25.4 Å². The van der Waals surface area contributed by atoms with Gasteiger partial charge >= 0.3 is 5.69 Å². The zero-order valence-electron chi connectivity index (χ0n) is 30.0. The van der Waals surface area contributed by atoms with E-state index in [2.05, 4.69) is 26.8 Å². The summed E-state index contributed by atoms with van der Waals surface area (Å²) in [6.45, 7) is 8.89. The van der Waals surface area contributed by atoms with Gasteiger partial charge in [0.25, 0.3) is 0 Å². The molecule has 51 heavy (non-hydrogen) atoms. The van der Waals surface area contributed by atoms with Crippen molar-refractivity contribution in [1.29, 1.82) is 0 Å². The number of amides is 2. The van der Waals surface area contributed by atoms with Gasteiger partial charge in [0, 0.05) is 63.2 Å². The average molecular weight is 715 g/mol. The maximum atomic E-state index is 14.3. The number of hydrogen-bond acceptors (Lipinski definition) is 7. The number of imidazole rings is 1. The standard InChI is InChI=1S/C39H51ClN8O3/c1-3-27-21-26(23-32(40)36(27)41)22-28(38(50)47-17-9-29(10-18-47)45-14-6-13-44(2)19-20-45)24-35(49)46-15-11-30(12-16-46)48-34-25-42-33-8-5-4-7-31(33)37(34)43-39(48)51/h4-5,7-8,21,23,25,28-30H,3,6,9-20,22,24,41H2,1-2H3,(H,43,51)/t28-/m0/s1. The number of aryl methyl sites for hydroxylation is 1. The predicted molar refractivity (Wildman–Crippen MR) is 203 cm³/mol. The molecule has 3 fully saturated rings. The van der Waals surface area contributed by atoms with Crippen LogP contribution in [0.15, 0.2) is 47.4 Å². The molecule has 12 heteroatoms. The summed E-state index contributed by atoms with van der Waals surface area (Å²) in [5, 5.41) is 1.41. The maximum absolute atomic E-state index is 14.3. The lowest BCUT2D eigenvalue weighted by molar-refractivity contribution is -0.143. The molecule has 3 N–H and O–H groups in total. The number of carbonyl (C=O) groups is 2. The molecule has 0 spiro atoms. The summed E-state index contributed by atoms with van der Waals surface area (Å²) in [4.78, 5) is 58.0. The van der Waals surface area contributed by atoms with Gasteiger partial charge in [-0.2, -0.15) is 0 Å². The lowest BCUT2D eigenvalue weighted by atomic mass is 9.91. The third-order valence-corrected chi connectivity index (χ3v) is 11.9. The van der Waals surface area contributed by atoms with E-state index in [4.69, 9.17) is 17.3 Å². The number of anilines is 1. The van der Waals surface area contributed by atoms with Crippen molar-refractivity contribution in [2.24, 2.45) is 5.92 Å². The Bertz CT molecular complexity index is 1940. The molecular weight excluding hydrogens is 664 g/mol. The van der Waals surface area contributed by atoms with Crippen LogP contribution < -0.4 is 11.4 Å². The normalized spacial score (nSPS) is 19.5. The molecule has 0 saturated carbocycles. The Balaban J connectivity index is 1.04.